The maximum absolute atomic E-state index is 15.1. The Labute approximate surface area is 364 Å². The van der Waals surface area contributed by atoms with Crippen molar-refractivity contribution in [2.75, 3.05) is 9.80 Å². The van der Waals surface area contributed by atoms with Crippen LogP contribution in [0.15, 0.2) is 225 Å². The van der Waals surface area contributed by atoms with E-state index < -0.39 is 17.8 Å². The predicted molar refractivity (Wildman–Crippen MR) is 246 cm³/mol. The highest BCUT2D eigenvalue weighted by Gasteiger charge is 2.27. The summed E-state index contributed by atoms with van der Waals surface area (Å²) in [7, 11) is 0. The van der Waals surface area contributed by atoms with Gasteiger partial charge in [0.25, 0.3) is 11.8 Å². The van der Waals surface area contributed by atoms with Gasteiger partial charge in [0.2, 0.25) is 0 Å². The number of carbonyl (C=O) groups excluding carboxylic acids is 3. The van der Waals surface area contributed by atoms with Crippen molar-refractivity contribution in [2.45, 2.75) is 0 Å². The Hall–Kier alpha value is -8.82. The quantitative estimate of drug-likeness (QED) is 0.0945. The van der Waals surface area contributed by atoms with E-state index in [1.54, 1.807) is 40.5 Å². The zero-order valence-electron chi connectivity index (χ0n) is 33.7. The zero-order valence-corrected chi connectivity index (χ0v) is 33.7. The van der Waals surface area contributed by atoms with Gasteiger partial charge < -0.3 is 4.74 Å². The lowest BCUT2D eigenvalue weighted by Crippen LogP contribution is -2.29. The summed E-state index contributed by atoms with van der Waals surface area (Å²) >= 11 is 0. The average Bonchev–Trinajstić information content (AvgIpc) is 3.36. The first-order valence-electron chi connectivity index (χ1n) is 20.2. The molecule has 6 aromatic carbocycles. The summed E-state index contributed by atoms with van der Waals surface area (Å²) in [5.74, 6) is -1.41. The molecule has 3 heterocycles. The Kier molecular flexibility index (Phi) is 11.5. The molecule has 2 amide bonds. The number of hydrogen-bond acceptors (Lipinski definition) is 7. The molecule has 0 aliphatic rings. The molecule has 0 fully saturated rings. The van der Waals surface area contributed by atoms with Crippen LogP contribution in [-0.4, -0.2) is 32.7 Å². The van der Waals surface area contributed by atoms with E-state index in [9.17, 15) is 4.79 Å². The Morgan fingerprint density at radius 2 is 0.683 bits per heavy atom. The molecule has 9 heteroatoms. The summed E-state index contributed by atoms with van der Waals surface area (Å²) < 4.78 is 5.91. The fourth-order valence-electron chi connectivity index (χ4n) is 7.19. The van der Waals surface area contributed by atoms with Gasteiger partial charge in [0.15, 0.2) is 0 Å². The normalized spacial score (nSPS) is 10.7. The number of hydrogen-bond donors (Lipinski definition) is 0. The predicted octanol–water partition coefficient (Wildman–Crippen LogP) is 12.0. The van der Waals surface area contributed by atoms with Crippen LogP contribution < -0.4 is 14.5 Å². The van der Waals surface area contributed by atoms with Crippen LogP contribution >= 0.6 is 0 Å². The average molecular weight is 820 g/mol. The van der Waals surface area contributed by atoms with E-state index >= 15 is 9.59 Å². The molecule has 0 bridgehead atoms. The molecule has 3 aromatic heterocycles. The highest BCUT2D eigenvalue weighted by atomic mass is 16.5. The van der Waals surface area contributed by atoms with Crippen molar-refractivity contribution in [1.29, 1.82) is 0 Å². The highest BCUT2D eigenvalue weighted by molar-refractivity contribution is 6.16. The van der Waals surface area contributed by atoms with E-state index in [0.29, 0.717) is 22.7 Å². The first kappa shape index (κ1) is 39.6. The van der Waals surface area contributed by atoms with Crippen molar-refractivity contribution in [3.63, 3.8) is 0 Å². The minimum atomic E-state index is -0.749. The SMILES string of the molecule is O=C(Oc1ccc(-c2ccccn2)cc1)c1cc(C(=O)N(c2ccccc2)c2ccc(-c3ccccn3)cc2)cc(C(=O)N(c2ccccc2)c2ccc(-c3ccccn3)cc2)c1. The number of carbonyl (C=O) groups is 3. The van der Waals surface area contributed by atoms with E-state index in [-0.39, 0.29) is 22.4 Å². The molecular weight excluding hydrogens is 783 g/mol. The second kappa shape index (κ2) is 18.2. The van der Waals surface area contributed by atoms with Gasteiger partial charge in [-0.3, -0.25) is 34.3 Å². The van der Waals surface area contributed by atoms with E-state index in [4.69, 9.17) is 4.74 Å². The summed E-state index contributed by atoms with van der Waals surface area (Å²) in [5, 5.41) is 0. The molecule has 0 radical (unpaired) electrons. The lowest BCUT2D eigenvalue weighted by Gasteiger charge is -2.25. The molecule has 0 aliphatic carbocycles. The lowest BCUT2D eigenvalue weighted by atomic mass is 10.0. The van der Waals surface area contributed by atoms with Gasteiger partial charge in [-0.2, -0.15) is 0 Å². The molecule has 0 unspecified atom stereocenters. The second-order valence-corrected chi connectivity index (χ2v) is 14.4. The standard InChI is InChI=1S/C54H37N5O4/c60-52(58(44-13-3-1-4-14-44)46-26-20-38(21-27-46)49-17-7-10-32-55-49)41-35-42(37-43(36-41)54(62)63-48-30-24-40(25-31-48)51-19-9-12-34-57-51)53(61)59(45-15-5-2-6-16-45)47-28-22-39(23-29-47)50-18-8-11-33-56-50/h1-37H. The largest absolute Gasteiger partial charge is 0.423 e. The molecule has 0 atom stereocenters. The molecule has 0 aliphatic heterocycles. The van der Waals surface area contributed by atoms with Crippen molar-refractivity contribution in [1.82, 2.24) is 15.0 Å². The first-order valence-corrected chi connectivity index (χ1v) is 20.2. The van der Waals surface area contributed by atoms with Crippen molar-refractivity contribution in [2.24, 2.45) is 0 Å². The summed E-state index contributed by atoms with van der Waals surface area (Å²) in [4.78, 5) is 60.8. The molecule has 63 heavy (non-hydrogen) atoms. The van der Waals surface area contributed by atoms with Crippen molar-refractivity contribution < 1.29 is 19.1 Å². The van der Waals surface area contributed by atoms with Gasteiger partial charge >= 0.3 is 5.97 Å². The van der Waals surface area contributed by atoms with Gasteiger partial charge in [0.05, 0.1) is 22.6 Å². The Morgan fingerprint density at radius 3 is 1.05 bits per heavy atom. The molecule has 9 rings (SSSR count). The van der Waals surface area contributed by atoms with E-state index in [0.717, 1.165) is 33.8 Å². The highest BCUT2D eigenvalue weighted by Crippen LogP contribution is 2.33. The Bertz CT molecular complexity index is 2830. The van der Waals surface area contributed by atoms with E-state index in [1.165, 1.54) is 18.2 Å². The van der Waals surface area contributed by atoms with Crippen molar-refractivity contribution in [3.8, 4) is 39.5 Å². The fourth-order valence-corrected chi connectivity index (χ4v) is 7.19. The van der Waals surface area contributed by atoms with E-state index in [1.807, 2.05) is 176 Å². The van der Waals surface area contributed by atoms with Crippen molar-refractivity contribution >= 4 is 40.5 Å². The minimum absolute atomic E-state index is 0.00928. The summed E-state index contributed by atoms with van der Waals surface area (Å²) in [6.45, 7) is 0. The van der Waals surface area contributed by atoms with Crippen LogP contribution in [-0.2, 0) is 0 Å². The van der Waals surface area contributed by atoms with Gasteiger partial charge in [-0.05, 0) is 127 Å². The third-order valence-electron chi connectivity index (χ3n) is 10.3. The number of pyridine rings is 3. The third-order valence-corrected chi connectivity index (χ3v) is 10.3. The molecule has 0 spiro atoms. The van der Waals surface area contributed by atoms with Crippen LogP contribution in [0.5, 0.6) is 5.75 Å². The van der Waals surface area contributed by atoms with Gasteiger partial charge in [0.1, 0.15) is 5.75 Å². The number of para-hydroxylation sites is 2. The lowest BCUT2D eigenvalue weighted by molar-refractivity contribution is 0.0734. The third kappa shape index (κ3) is 8.89. The summed E-state index contributed by atoms with van der Waals surface area (Å²) in [6.07, 6.45) is 5.17. The van der Waals surface area contributed by atoms with Crippen LogP contribution in [0.4, 0.5) is 22.7 Å². The summed E-state index contributed by atoms with van der Waals surface area (Å²) in [5.41, 5.74) is 7.44. The Morgan fingerprint density at radius 1 is 0.349 bits per heavy atom. The monoisotopic (exact) mass is 819 g/mol. The van der Waals surface area contributed by atoms with Crippen molar-refractivity contribution in [3.05, 3.63) is 242 Å². The smallest absolute Gasteiger partial charge is 0.343 e. The number of amides is 2. The topological polar surface area (TPSA) is 106 Å². The molecule has 0 N–H and O–H groups in total. The maximum Gasteiger partial charge on any atom is 0.343 e. The number of nitrogens with zero attached hydrogens (tertiary/aromatic N) is 5. The van der Waals surface area contributed by atoms with Gasteiger partial charge in [-0.25, -0.2) is 4.79 Å². The molecule has 9 nitrogen and oxygen atoms in total. The van der Waals surface area contributed by atoms with Gasteiger partial charge in [-0.1, -0.05) is 78.9 Å². The number of esters is 1. The molecule has 0 saturated carbocycles. The minimum Gasteiger partial charge on any atom is -0.423 e. The number of anilines is 4. The first-order chi connectivity index (χ1) is 31.0. The molecule has 9 aromatic rings. The second-order valence-electron chi connectivity index (χ2n) is 14.4. The van der Waals surface area contributed by atoms with Gasteiger partial charge in [-0.15, -0.1) is 0 Å². The van der Waals surface area contributed by atoms with Crippen LogP contribution in [0.1, 0.15) is 31.1 Å². The zero-order chi connectivity index (χ0) is 43.0. The molecule has 302 valence electrons. The molecular formula is C54H37N5O4. The van der Waals surface area contributed by atoms with Crippen LogP contribution in [0.25, 0.3) is 33.8 Å². The van der Waals surface area contributed by atoms with Crippen LogP contribution in [0.3, 0.4) is 0 Å². The number of aromatic nitrogens is 3. The van der Waals surface area contributed by atoms with Crippen LogP contribution in [0, 0.1) is 0 Å². The van der Waals surface area contributed by atoms with Gasteiger partial charge in [0, 0.05) is 69.2 Å². The van der Waals surface area contributed by atoms with E-state index in [2.05, 4.69) is 15.0 Å². The molecule has 0 saturated heterocycles. The summed E-state index contributed by atoms with van der Waals surface area (Å²) in [6, 6.07) is 61.9. The Balaban J connectivity index is 1.13. The number of benzene rings is 6. The number of ether oxygens (including phenoxy) is 1. The maximum atomic E-state index is 15.1. The fraction of sp³-hybridized carbons (Fsp3) is 0. The van der Waals surface area contributed by atoms with Crippen LogP contribution in [0.2, 0.25) is 0 Å². The number of rotatable bonds is 11.